The van der Waals surface area contributed by atoms with Crippen molar-refractivity contribution in [1.29, 1.82) is 0 Å². The van der Waals surface area contributed by atoms with Crippen LogP contribution in [0.25, 0.3) is 0 Å². The van der Waals surface area contributed by atoms with Gasteiger partial charge >= 0.3 is 0 Å². The first-order valence-corrected chi connectivity index (χ1v) is 10.2. The van der Waals surface area contributed by atoms with Gasteiger partial charge in [0.15, 0.2) is 0 Å². The molecule has 3 saturated heterocycles. The number of nitrogens with two attached hydrogens (primary N) is 1. The van der Waals surface area contributed by atoms with Gasteiger partial charge in [-0.25, -0.2) is 0 Å². The van der Waals surface area contributed by atoms with Crippen LogP contribution in [0.5, 0.6) is 0 Å². The molecule has 3 heterocycles. The predicted octanol–water partition coefficient (Wildman–Crippen LogP) is 1.70. The van der Waals surface area contributed by atoms with Gasteiger partial charge in [-0.1, -0.05) is 0 Å². The van der Waals surface area contributed by atoms with Crippen LogP contribution >= 0.6 is 0 Å². The molecule has 27 heavy (non-hydrogen) atoms. The standard InChI is InChI=1S/C21H30N4O2/c1-23-14-10-21(20(22)27)9-4-13-25(18(21)15-23)19(26)16-5-7-17(8-6-16)24-11-2-3-12-24/h5-8,18H,2-4,9-15H2,1H3,(H2,22,27)/t18-,21+/m0/s1. The summed E-state index contributed by atoms with van der Waals surface area (Å²) >= 11 is 0. The SMILES string of the molecule is CN1CC[C@]2(C(N)=O)CCCN(C(=O)c3ccc(N4CCCC4)cc3)[C@H]2C1. The Morgan fingerprint density at radius 2 is 1.70 bits per heavy atom. The van der Waals surface area contributed by atoms with E-state index in [1.807, 2.05) is 24.1 Å². The van der Waals surface area contributed by atoms with Gasteiger partial charge in [0.2, 0.25) is 5.91 Å². The molecule has 0 radical (unpaired) electrons. The van der Waals surface area contributed by atoms with Gasteiger partial charge in [-0.3, -0.25) is 9.59 Å². The van der Waals surface area contributed by atoms with Crippen molar-refractivity contribution in [2.24, 2.45) is 11.1 Å². The van der Waals surface area contributed by atoms with E-state index in [9.17, 15) is 9.59 Å². The Balaban J connectivity index is 1.57. The third-order valence-corrected chi connectivity index (χ3v) is 6.80. The number of carbonyl (C=O) groups excluding carboxylic acids is 2. The second kappa shape index (κ2) is 7.15. The Hall–Kier alpha value is -2.08. The first-order chi connectivity index (χ1) is 13.0. The summed E-state index contributed by atoms with van der Waals surface area (Å²) in [4.78, 5) is 32.2. The monoisotopic (exact) mass is 370 g/mol. The quantitative estimate of drug-likeness (QED) is 0.879. The summed E-state index contributed by atoms with van der Waals surface area (Å²) in [5, 5.41) is 0. The number of anilines is 1. The third-order valence-electron chi connectivity index (χ3n) is 6.80. The van der Waals surface area contributed by atoms with Crippen molar-refractivity contribution in [3.05, 3.63) is 29.8 Å². The predicted molar refractivity (Wildman–Crippen MR) is 106 cm³/mol. The van der Waals surface area contributed by atoms with Crippen LogP contribution in [0, 0.1) is 5.41 Å². The molecular formula is C21H30N4O2. The lowest BCUT2D eigenvalue weighted by Gasteiger charge is -2.52. The molecule has 1 aromatic rings. The van der Waals surface area contributed by atoms with Gasteiger partial charge in [-0.2, -0.15) is 0 Å². The van der Waals surface area contributed by atoms with Crippen LogP contribution in [0.15, 0.2) is 24.3 Å². The Kier molecular flexibility index (Phi) is 4.84. The number of carbonyl (C=O) groups is 2. The van der Waals surface area contributed by atoms with Crippen molar-refractivity contribution >= 4 is 17.5 Å². The molecule has 3 fully saturated rings. The second-order valence-corrected chi connectivity index (χ2v) is 8.39. The molecule has 0 spiro atoms. The van der Waals surface area contributed by atoms with Gasteiger partial charge in [0.25, 0.3) is 5.91 Å². The molecule has 2 amide bonds. The highest BCUT2D eigenvalue weighted by Crippen LogP contribution is 2.42. The summed E-state index contributed by atoms with van der Waals surface area (Å²) in [5.74, 6) is -0.226. The number of rotatable bonds is 3. The number of piperidine rings is 2. The fourth-order valence-electron chi connectivity index (χ4n) is 5.14. The highest BCUT2D eigenvalue weighted by molar-refractivity contribution is 5.95. The van der Waals surface area contributed by atoms with Gasteiger partial charge in [0, 0.05) is 37.4 Å². The van der Waals surface area contributed by atoms with Gasteiger partial charge in [-0.15, -0.1) is 0 Å². The number of nitrogens with zero attached hydrogens (tertiary/aromatic N) is 3. The van der Waals surface area contributed by atoms with E-state index in [1.54, 1.807) is 0 Å². The molecule has 1 aromatic carbocycles. The summed E-state index contributed by atoms with van der Waals surface area (Å²) in [6, 6.07) is 7.84. The van der Waals surface area contributed by atoms with Crippen molar-refractivity contribution in [2.75, 3.05) is 44.7 Å². The molecule has 2 atom stereocenters. The molecule has 0 bridgehead atoms. The Morgan fingerprint density at radius 3 is 2.37 bits per heavy atom. The van der Waals surface area contributed by atoms with Crippen LogP contribution in [0.1, 0.15) is 42.5 Å². The summed E-state index contributed by atoms with van der Waals surface area (Å²) in [7, 11) is 2.05. The average molecular weight is 370 g/mol. The molecule has 3 aliphatic heterocycles. The zero-order valence-corrected chi connectivity index (χ0v) is 16.2. The lowest BCUT2D eigenvalue weighted by molar-refractivity contribution is -0.138. The van der Waals surface area contributed by atoms with E-state index < -0.39 is 5.41 Å². The minimum Gasteiger partial charge on any atom is -0.372 e. The zero-order chi connectivity index (χ0) is 19.0. The first-order valence-electron chi connectivity index (χ1n) is 10.2. The van der Waals surface area contributed by atoms with E-state index in [2.05, 4.69) is 21.9 Å². The Bertz CT molecular complexity index is 713. The molecule has 3 aliphatic rings. The van der Waals surface area contributed by atoms with Crippen molar-refractivity contribution in [1.82, 2.24) is 9.80 Å². The van der Waals surface area contributed by atoms with Crippen LogP contribution in [0.4, 0.5) is 5.69 Å². The van der Waals surface area contributed by atoms with E-state index in [0.29, 0.717) is 18.7 Å². The van der Waals surface area contributed by atoms with Gasteiger partial charge < -0.3 is 20.4 Å². The molecule has 146 valence electrons. The van der Waals surface area contributed by atoms with E-state index in [4.69, 9.17) is 5.73 Å². The van der Waals surface area contributed by atoms with Crippen LogP contribution < -0.4 is 10.6 Å². The average Bonchev–Trinajstić information content (AvgIpc) is 3.22. The Morgan fingerprint density at radius 1 is 1.00 bits per heavy atom. The molecular weight excluding hydrogens is 340 g/mol. The van der Waals surface area contributed by atoms with Crippen LogP contribution in [-0.4, -0.2) is 67.4 Å². The number of fused-ring (bicyclic) bond motifs is 1. The number of likely N-dealkylation sites (N-methyl/N-ethyl adjacent to an activating group) is 1. The fourth-order valence-corrected chi connectivity index (χ4v) is 5.14. The van der Waals surface area contributed by atoms with Crippen LogP contribution in [-0.2, 0) is 4.79 Å². The van der Waals surface area contributed by atoms with Gasteiger partial charge in [-0.05, 0) is 70.0 Å². The molecule has 0 aliphatic carbocycles. The number of benzene rings is 1. The maximum absolute atomic E-state index is 13.3. The third kappa shape index (κ3) is 3.20. The molecule has 6 nitrogen and oxygen atoms in total. The first kappa shape index (κ1) is 18.3. The summed E-state index contributed by atoms with van der Waals surface area (Å²) in [6.07, 6.45) is 4.83. The topological polar surface area (TPSA) is 69.9 Å². The Labute approximate surface area is 161 Å². The van der Waals surface area contributed by atoms with Crippen molar-refractivity contribution < 1.29 is 9.59 Å². The molecule has 0 aromatic heterocycles. The fraction of sp³-hybridized carbons (Fsp3) is 0.619. The molecule has 0 saturated carbocycles. The summed E-state index contributed by atoms with van der Waals surface area (Å²) in [5.41, 5.74) is 7.16. The lowest BCUT2D eigenvalue weighted by Crippen LogP contribution is -2.65. The van der Waals surface area contributed by atoms with E-state index in [0.717, 1.165) is 38.9 Å². The number of likely N-dealkylation sites (tertiary alicyclic amines) is 2. The number of amides is 2. The van der Waals surface area contributed by atoms with E-state index in [-0.39, 0.29) is 17.9 Å². The van der Waals surface area contributed by atoms with Crippen molar-refractivity contribution in [2.45, 2.75) is 38.1 Å². The summed E-state index contributed by atoms with van der Waals surface area (Å²) < 4.78 is 0. The second-order valence-electron chi connectivity index (χ2n) is 8.39. The van der Waals surface area contributed by atoms with Crippen molar-refractivity contribution in [3.63, 3.8) is 0 Å². The number of primary amides is 1. The van der Waals surface area contributed by atoms with Gasteiger partial charge in [0.05, 0.1) is 11.5 Å². The molecule has 2 N–H and O–H groups in total. The number of hydrogen-bond donors (Lipinski definition) is 1. The maximum atomic E-state index is 13.3. The summed E-state index contributed by atoms with van der Waals surface area (Å²) in [6.45, 7) is 4.44. The van der Waals surface area contributed by atoms with E-state index >= 15 is 0 Å². The molecule has 6 heteroatoms. The normalized spacial score (nSPS) is 28.9. The minimum atomic E-state index is -0.574. The van der Waals surface area contributed by atoms with E-state index in [1.165, 1.54) is 18.5 Å². The number of hydrogen-bond acceptors (Lipinski definition) is 4. The highest BCUT2D eigenvalue weighted by Gasteiger charge is 2.52. The molecule has 4 rings (SSSR count). The minimum absolute atomic E-state index is 0.0218. The van der Waals surface area contributed by atoms with Crippen LogP contribution in [0.2, 0.25) is 0 Å². The maximum Gasteiger partial charge on any atom is 0.254 e. The highest BCUT2D eigenvalue weighted by atomic mass is 16.2. The zero-order valence-electron chi connectivity index (χ0n) is 16.2. The lowest BCUT2D eigenvalue weighted by atomic mass is 9.67. The van der Waals surface area contributed by atoms with Gasteiger partial charge in [0.1, 0.15) is 0 Å². The largest absolute Gasteiger partial charge is 0.372 e. The van der Waals surface area contributed by atoms with Crippen molar-refractivity contribution in [3.8, 4) is 0 Å². The van der Waals surface area contributed by atoms with Crippen LogP contribution in [0.3, 0.4) is 0 Å². The molecule has 0 unspecified atom stereocenters. The smallest absolute Gasteiger partial charge is 0.254 e.